The fraction of sp³-hybridized carbons (Fsp3) is 0.357. The van der Waals surface area contributed by atoms with Gasteiger partial charge in [0.25, 0.3) is 5.60 Å². The van der Waals surface area contributed by atoms with Crippen molar-refractivity contribution in [2.75, 3.05) is 6.61 Å². The number of carboxylic acids is 1. The summed E-state index contributed by atoms with van der Waals surface area (Å²) in [4.78, 5) is 34.5. The molecule has 0 spiro atoms. The highest BCUT2D eigenvalue weighted by Crippen LogP contribution is 2.29. The van der Waals surface area contributed by atoms with Gasteiger partial charge in [-0.05, 0) is 19.1 Å². The molecule has 2 N–H and O–H groups in total. The van der Waals surface area contributed by atoms with Crippen molar-refractivity contribution in [1.82, 2.24) is 0 Å². The van der Waals surface area contributed by atoms with E-state index in [9.17, 15) is 32.7 Å². The SMILES string of the molecule is CCOC(=O)C(O)(CC(=O)c1ccc(C(F)(F)F)cc1)C(=O)O. The minimum atomic E-state index is -4.59. The maximum absolute atomic E-state index is 12.4. The summed E-state index contributed by atoms with van der Waals surface area (Å²) in [6, 6.07) is 2.94. The van der Waals surface area contributed by atoms with Crippen molar-refractivity contribution < 1.29 is 42.5 Å². The van der Waals surface area contributed by atoms with Crippen molar-refractivity contribution in [1.29, 1.82) is 0 Å². The molecule has 0 radical (unpaired) electrons. The number of esters is 1. The van der Waals surface area contributed by atoms with Crippen LogP contribution in [0.4, 0.5) is 13.2 Å². The van der Waals surface area contributed by atoms with E-state index >= 15 is 0 Å². The lowest BCUT2D eigenvalue weighted by molar-refractivity contribution is -0.179. The molecule has 0 saturated heterocycles. The van der Waals surface area contributed by atoms with Crippen LogP contribution in [0.15, 0.2) is 24.3 Å². The third kappa shape index (κ3) is 4.28. The van der Waals surface area contributed by atoms with Crippen molar-refractivity contribution in [2.24, 2.45) is 0 Å². The topological polar surface area (TPSA) is 101 Å². The maximum atomic E-state index is 12.4. The Morgan fingerprint density at radius 2 is 1.65 bits per heavy atom. The van der Waals surface area contributed by atoms with E-state index in [-0.39, 0.29) is 12.2 Å². The van der Waals surface area contributed by atoms with Crippen molar-refractivity contribution >= 4 is 17.7 Å². The second-order valence-electron chi connectivity index (χ2n) is 4.56. The molecule has 1 atom stereocenters. The summed E-state index contributed by atoms with van der Waals surface area (Å²) >= 11 is 0. The van der Waals surface area contributed by atoms with Gasteiger partial charge in [-0.3, -0.25) is 4.79 Å². The molecule has 0 aliphatic carbocycles. The van der Waals surface area contributed by atoms with Crippen LogP contribution in [0.1, 0.15) is 29.3 Å². The lowest BCUT2D eigenvalue weighted by atomic mass is 9.93. The van der Waals surface area contributed by atoms with Crippen LogP contribution in [0, 0.1) is 0 Å². The van der Waals surface area contributed by atoms with Crippen molar-refractivity contribution in [2.45, 2.75) is 25.1 Å². The number of carbonyl (C=O) groups excluding carboxylic acids is 2. The number of alkyl halides is 3. The number of ether oxygens (including phenoxy) is 1. The van der Waals surface area contributed by atoms with Gasteiger partial charge in [0.15, 0.2) is 5.78 Å². The number of carbonyl (C=O) groups is 3. The number of hydrogen-bond donors (Lipinski definition) is 2. The Bertz CT molecular complexity index is 608. The minimum absolute atomic E-state index is 0.219. The van der Waals surface area contributed by atoms with Gasteiger partial charge < -0.3 is 14.9 Å². The number of Topliss-reactive ketones (excluding diaryl/α,β-unsaturated/α-hetero) is 1. The van der Waals surface area contributed by atoms with E-state index in [1.807, 2.05) is 0 Å². The van der Waals surface area contributed by atoms with Crippen LogP contribution >= 0.6 is 0 Å². The number of rotatable bonds is 6. The molecule has 1 aromatic carbocycles. The first-order chi connectivity index (χ1) is 10.5. The summed E-state index contributed by atoms with van der Waals surface area (Å²) in [6.45, 7) is 1.15. The molecule has 6 nitrogen and oxygen atoms in total. The van der Waals surface area contributed by atoms with Gasteiger partial charge in [0.2, 0.25) is 0 Å². The highest BCUT2D eigenvalue weighted by atomic mass is 19.4. The normalized spacial score (nSPS) is 14.0. The molecule has 0 aliphatic rings. The third-order valence-electron chi connectivity index (χ3n) is 2.92. The van der Waals surface area contributed by atoms with Crippen LogP contribution in [-0.2, 0) is 20.5 Å². The average Bonchev–Trinajstić information content (AvgIpc) is 2.46. The summed E-state index contributed by atoms with van der Waals surface area (Å²) in [5, 5.41) is 18.8. The summed E-state index contributed by atoms with van der Waals surface area (Å²) < 4.78 is 41.7. The quantitative estimate of drug-likeness (QED) is 0.466. The second-order valence-corrected chi connectivity index (χ2v) is 4.56. The smallest absolute Gasteiger partial charge is 0.416 e. The Hall–Kier alpha value is -2.42. The second kappa shape index (κ2) is 6.78. The number of ketones is 1. The first-order valence-corrected chi connectivity index (χ1v) is 6.35. The van der Waals surface area contributed by atoms with Gasteiger partial charge >= 0.3 is 18.1 Å². The number of benzene rings is 1. The Kier molecular flexibility index (Phi) is 5.49. The molecular formula is C14H13F3O6. The molecule has 1 unspecified atom stereocenters. The molecule has 0 aromatic heterocycles. The highest BCUT2D eigenvalue weighted by molar-refractivity contribution is 6.09. The molecule has 23 heavy (non-hydrogen) atoms. The maximum Gasteiger partial charge on any atom is 0.416 e. The van der Waals surface area contributed by atoms with Crippen LogP contribution < -0.4 is 0 Å². The Balaban J connectivity index is 3.00. The van der Waals surface area contributed by atoms with E-state index < -0.39 is 41.5 Å². The summed E-state index contributed by atoms with van der Waals surface area (Å²) in [5.74, 6) is -4.53. The van der Waals surface area contributed by atoms with Crippen molar-refractivity contribution in [3.63, 3.8) is 0 Å². The van der Waals surface area contributed by atoms with Gasteiger partial charge in [0.1, 0.15) is 0 Å². The standard InChI is InChI=1S/C14H13F3O6/c1-2-23-12(21)13(22,11(19)20)7-10(18)8-3-5-9(6-4-8)14(15,16)17/h3-6,22H,2,7H2,1H3,(H,19,20). The first-order valence-electron chi connectivity index (χ1n) is 6.35. The van der Waals surface area contributed by atoms with Crippen LogP contribution in [0.25, 0.3) is 0 Å². The zero-order valence-electron chi connectivity index (χ0n) is 11.9. The monoisotopic (exact) mass is 334 g/mol. The molecule has 1 rings (SSSR count). The Morgan fingerprint density at radius 3 is 2.04 bits per heavy atom. The molecule has 0 aliphatic heterocycles. The van der Waals surface area contributed by atoms with E-state index in [1.165, 1.54) is 6.92 Å². The van der Waals surface area contributed by atoms with Gasteiger partial charge in [-0.15, -0.1) is 0 Å². The fourth-order valence-electron chi connectivity index (χ4n) is 1.67. The van der Waals surface area contributed by atoms with Crippen molar-refractivity contribution in [3.05, 3.63) is 35.4 Å². The lowest BCUT2D eigenvalue weighted by Gasteiger charge is -2.20. The number of aliphatic hydroxyl groups is 1. The molecule has 126 valence electrons. The van der Waals surface area contributed by atoms with Gasteiger partial charge in [-0.2, -0.15) is 13.2 Å². The number of aliphatic carboxylic acids is 1. The highest BCUT2D eigenvalue weighted by Gasteiger charge is 2.48. The summed E-state index contributed by atoms with van der Waals surface area (Å²) in [5.41, 5.74) is -4.37. The van der Waals surface area contributed by atoms with Crippen LogP contribution in [-0.4, -0.2) is 40.1 Å². The third-order valence-corrected chi connectivity index (χ3v) is 2.92. The van der Waals surface area contributed by atoms with Crippen LogP contribution in [0.5, 0.6) is 0 Å². The molecule has 1 aromatic rings. The summed E-state index contributed by atoms with van der Waals surface area (Å²) in [6.07, 6.45) is -5.75. The molecule has 0 saturated carbocycles. The zero-order valence-corrected chi connectivity index (χ0v) is 11.9. The van der Waals surface area contributed by atoms with Gasteiger partial charge in [-0.25, -0.2) is 9.59 Å². The van der Waals surface area contributed by atoms with Gasteiger partial charge in [0.05, 0.1) is 18.6 Å². The molecule has 0 heterocycles. The van der Waals surface area contributed by atoms with Crippen molar-refractivity contribution in [3.8, 4) is 0 Å². The number of halogens is 3. The first kappa shape index (κ1) is 18.6. The average molecular weight is 334 g/mol. The molecule has 0 bridgehead atoms. The Morgan fingerprint density at radius 1 is 1.13 bits per heavy atom. The Labute approximate surface area is 128 Å². The van der Waals surface area contributed by atoms with Gasteiger partial charge in [0, 0.05) is 5.56 Å². The molecule has 9 heteroatoms. The molecule has 0 fully saturated rings. The van der Waals surface area contributed by atoms with Crippen LogP contribution in [0.3, 0.4) is 0 Å². The predicted octanol–water partition coefficient (Wildman–Crippen LogP) is 1.66. The van der Waals surface area contributed by atoms with E-state index in [1.54, 1.807) is 0 Å². The number of carboxylic acid groups (broad SMARTS) is 1. The molecular weight excluding hydrogens is 321 g/mol. The van der Waals surface area contributed by atoms with E-state index in [4.69, 9.17) is 5.11 Å². The zero-order chi connectivity index (χ0) is 17.8. The lowest BCUT2D eigenvalue weighted by Crippen LogP contribution is -2.49. The minimum Gasteiger partial charge on any atom is -0.479 e. The predicted molar refractivity (Wildman–Crippen MR) is 69.6 cm³/mol. The fourth-order valence-corrected chi connectivity index (χ4v) is 1.67. The number of hydrogen-bond acceptors (Lipinski definition) is 5. The van der Waals surface area contributed by atoms with E-state index in [2.05, 4.69) is 4.74 Å². The molecule has 0 amide bonds. The van der Waals surface area contributed by atoms with E-state index in [0.29, 0.717) is 12.1 Å². The summed E-state index contributed by atoms with van der Waals surface area (Å²) in [7, 11) is 0. The van der Waals surface area contributed by atoms with Crippen LogP contribution in [0.2, 0.25) is 0 Å². The van der Waals surface area contributed by atoms with Gasteiger partial charge in [-0.1, -0.05) is 12.1 Å². The van der Waals surface area contributed by atoms with E-state index in [0.717, 1.165) is 12.1 Å². The largest absolute Gasteiger partial charge is 0.479 e.